The van der Waals surface area contributed by atoms with E-state index in [2.05, 4.69) is 0 Å². The second kappa shape index (κ2) is 9.46. The van der Waals surface area contributed by atoms with Crippen LogP contribution in [0.15, 0.2) is 11.2 Å². The van der Waals surface area contributed by atoms with Crippen molar-refractivity contribution in [3.05, 3.63) is 11.2 Å². The molecule has 0 bridgehead atoms. The molecule has 3 nitrogen and oxygen atoms in total. The van der Waals surface area contributed by atoms with E-state index in [0.717, 1.165) is 18.6 Å². The summed E-state index contributed by atoms with van der Waals surface area (Å²) in [7, 11) is -2.98. The molecule has 0 saturated heterocycles. The summed E-state index contributed by atoms with van der Waals surface area (Å²) in [5.74, 6) is 2.52. The van der Waals surface area contributed by atoms with Crippen LogP contribution in [-0.2, 0) is 13.6 Å². The van der Waals surface area contributed by atoms with Crippen molar-refractivity contribution in [1.82, 2.24) is 0 Å². The standard InChI is InChI=1S/C10H21O3PS/c1-4-7-12-14(11,13-8-5-2)9-10-15-6-3/h9-10H,4-8H2,1-3H3/b10-9+. The van der Waals surface area contributed by atoms with Crippen LogP contribution >= 0.6 is 19.4 Å². The quantitative estimate of drug-likeness (QED) is 0.574. The minimum absolute atomic E-state index is 0.474. The van der Waals surface area contributed by atoms with Crippen LogP contribution in [0.25, 0.3) is 0 Å². The van der Waals surface area contributed by atoms with Crippen molar-refractivity contribution in [3.8, 4) is 0 Å². The van der Waals surface area contributed by atoms with Gasteiger partial charge in [-0.05, 0) is 24.0 Å². The number of hydrogen-bond acceptors (Lipinski definition) is 4. The zero-order valence-electron chi connectivity index (χ0n) is 9.77. The first-order valence-electron chi connectivity index (χ1n) is 5.36. The molecule has 0 aromatic heterocycles. The molecule has 0 N–H and O–H groups in total. The third-order valence-corrected chi connectivity index (χ3v) is 3.92. The Morgan fingerprint density at radius 2 is 1.67 bits per heavy atom. The van der Waals surface area contributed by atoms with Crippen LogP contribution in [0.5, 0.6) is 0 Å². The third-order valence-electron chi connectivity index (χ3n) is 1.46. The van der Waals surface area contributed by atoms with Crippen LogP contribution in [0.1, 0.15) is 33.6 Å². The van der Waals surface area contributed by atoms with E-state index in [1.165, 1.54) is 0 Å². The van der Waals surface area contributed by atoms with Gasteiger partial charge in [0.05, 0.1) is 13.2 Å². The van der Waals surface area contributed by atoms with Gasteiger partial charge in [-0.1, -0.05) is 20.8 Å². The van der Waals surface area contributed by atoms with Crippen LogP contribution in [0.3, 0.4) is 0 Å². The van der Waals surface area contributed by atoms with Gasteiger partial charge in [0.15, 0.2) is 0 Å². The van der Waals surface area contributed by atoms with E-state index in [0.29, 0.717) is 13.2 Å². The summed E-state index contributed by atoms with van der Waals surface area (Å²) in [4.78, 5) is 0. The summed E-state index contributed by atoms with van der Waals surface area (Å²) in [5.41, 5.74) is 0. The topological polar surface area (TPSA) is 35.5 Å². The summed E-state index contributed by atoms with van der Waals surface area (Å²) in [6, 6.07) is 0. The number of hydrogen-bond donors (Lipinski definition) is 0. The molecular formula is C10H21O3PS. The van der Waals surface area contributed by atoms with Crippen LogP contribution in [0.2, 0.25) is 0 Å². The molecule has 0 heterocycles. The number of rotatable bonds is 9. The van der Waals surface area contributed by atoms with Gasteiger partial charge in [0, 0.05) is 5.82 Å². The Morgan fingerprint density at radius 1 is 1.13 bits per heavy atom. The highest BCUT2D eigenvalue weighted by Crippen LogP contribution is 2.50. The molecule has 0 fully saturated rings. The van der Waals surface area contributed by atoms with Crippen molar-refractivity contribution in [2.24, 2.45) is 0 Å². The van der Waals surface area contributed by atoms with E-state index in [1.807, 2.05) is 20.8 Å². The van der Waals surface area contributed by atoms with E-state index >= 15 is 0 Å². The monoisotopic (exact) mass is 252 g/mol. The van der Waals surface area contributed by atoms with Gasteiger partial charge < -0.3 is 9.05 Å². The van der Waals surface area contributed by atoms with E-state index < -0.39 is 7.60 Å². The lowest BCUT2D eigenvalue weighted by atomic mass is 10.5. The Bertz CT molecular complexity index is 207. The molecule has 0 amide bonds. The van der Waals surface area contributed by atoms with Gasteiger partial charge in [-0.2, -0.15) is 0 Å². The highest BCUT2D eigenvalue weighted by molar-refractivity contribution is 8.02. The molecule has 0 spiro atoms. The Labute approximate surface area is 97.1 Å². The van der Waals surface area contributed by atoms with Gasteiger partial charge in [-0.3, -0.25) is 4.57 Å². The fourth-order valence-electron chi connectivity index (χ4n) is 0.774. The lowest BCUT2D eigenvalue weighted by Gasteiger charge is -2.13. The number of thioether (sulfide) groups is 1. The zero-order chi connectivity index (χ0) is 11.6. The molecule has 0 atom stereocenters. The second-order valence-electron chi connectivity index (χ2n) is 2.95. The molecule has 0 aliphatic rings. The Hall–Kier alpha value is 0.240. The molecule has 15 heavy (non-hydrogen) atoms. The van der Waals surface area contributed by atoms with Gasteiger partial charge in [-0.25, -0.2) is 0 Å². The summed E-state index contributed by atoms with van der Waals surface area (Å²) in [5, 5.41) is 1.80. The van der Waals surface area contributed by atoms with Crippen LogP contribution in [0, 0.1) is 0 Å². The average Bonchev–Trinajstić information content (AvgIpc) is 2.24. The minimum Gasteiger partial charge on any atom is -0.306 e. The first kappa shape index (κ1) is 15.2. The van der Waals surface area contributed by atoms with Crippen molar-refractivity contribution in [3.63, 3.8) is 0 Å². The maximum Gasteiger partial charge on any atom is 0.354 e. The highest BCUT2D eigenvalue weighted by Gasteiger charge is 2.19. The van der Waals surface area contributed by atoms with Crippen LogP contribution in [-0.4, -0.2) is 19.0 Å². The zero-order valence-corrected chi connectivity index (χ0v) is 11.5. The van der Waals surface area contributed by atoms with Crippen molar-refractivity contribution in [2.75, 3.05) is 19.0 Å². The molecule has 0 aliphatic heterocycles. The Morgan fingerprint density at radius 3 is 2.07 bits per heavy atom. The summed E-state index contributed by atoms with van der Waals surface area (Å²) < 4.78 is 22.6. The Balaban J connectivity index is 4.19. The lowest BCUT2D eigenvalue weighted by molar-refractivity contribution is 0.212. The summed E-state index contributed by atoms with van der Waals surface area (Å²) in [6.07, 6.45) is 1.68. The normalized spacial score (nSPS) is 12.5. The van der Waals surface area contributed by atoms with E-state index in [-0.39, 0.29) is 0 Å². The van der Waals surface area contributed by atoms with E-state index in [1.54, 1.807) is 23.0 Å². The van der Waals surface area contributed by atoms with E-state index in [4.69, 9.17) is 9.05 Å². The Kier molecular flexibility index (Phi) is 9.62. The van der Waals surface area contributed by atoms with Crippen molar-refractivity contribution in [2.45, 2.75) is 33.6 Å². The average molecular weight is 252 g/mol. The summed E-state index contributed by atoms with van der Waals surface area (Å²) in [6.45, 7) is 6.95. The molecule has 0 radical (unpaired) electrons. The SMILES string of the molecule is CCCOP(=O)(/C=C/SCC)OCCC. The van der Waals surface area contributed by atoms with E-state index in [9.17, 15) is 4.57 Å². The van der Waals surface area contributed by atoms with Crippen molar-refractivity contribution >= 4 is 19.4 Å². The van der Waals surface area contributed by atoms with Crippen molar-refractivity contribution < 1.29 is 13.6 Å². The maximum atomic E-state index is 12.1. The predicted octanol–water partition coefficient (Wildman–Crippen LogP) is 4.26. The molecule has 0 rings (SSSR count). The van der Waals surface area contributed by atoms with Gasteiger partial charge in [0.1, 0.15) is 0 Å². The first-order valence-corrected chi connectivity index (χ1v) is 8.02. The largest absolute Gasteiger partial charge is 0.354 e. The van der Waals surface area contributed by atoms with Crippen LogP contribution < -0.4 is 0 Å². The first-order chi connectivity index (χ1) is 7.18. The highest BCUT2D eigenvalue weighted by atomic mass is 32.2. The van der Waals surface area contributed by atoms with Gasteiger partial charge in [-0.15, -0.1) is 11.8 Å². The molecule has 0 unspecified atom stereocenters. The smallest absolute Gasteiger partial charge is 0.306 e. The predicted molar refractivity (Wildman–Crippen MR) is 67.4 cm³/mol. The van der Waals surface area contributed by atoms with Gasteiger partial charge >= 0.3 is 7.60 Å². The third kappa shape index (κ3) is 8.09. The molecular weight excluding hydrogens is 231 g/mol. The minimum atomic E-state index is -2.98. The molecule has 0 saturated carbocycles. The second-order valence-corrected chi connectivity index (χ2v) is 6.02. The fraction of sp³-hybridized carbons (Fsp3) is 0.800. The summed E-state index contributed by atoms with van der Waals surface area (Å²) >= 11 is 1.59. The lowest BCUT2D eigenvalue weighted by Crippen LogP contribution is -1.95. The molecule has 90 valence electrons. The molecule has 0 aromatic rings. The molecule has 0 aliphatic carbocycles. The maximum absolute atomic E-state index is 12.1. The van der Waals surface area contributed by atoms with Crippen molar-refractivity contribution in [1.29, 1.82) is 0 Å². The molecule has 5 heteroatoms. The fourth-order valence-corrected chi connectivity index (χ4v) is 3.03. The van der Waals surface area contributed by atoms with Gasteiger partial charge in [0.2, 0.25) is 0 Å². The van der Waals surface area contributed by atoms with Crippen LogP contribution in [0.4, 0.5) is 0 Å². The van der Waals surface area contributed by atoms with Gasteiger partial charge in [0.25, 0.3) is 0 Å². The molecule has 0 aromatic carbocycles.